The molecule has 0 aromatic rings. The minimum Gasteiger partial charge on any atom is -0.380 e. The average Bonchev–Trinajstić information content (AvgIpc) is 2.46. The van der Waals surface area contributed by atoms with Crippen molar-refractivity contribution in [1.82, 2.24) is 0 Å². The average molecular weight is 319 g/mol. The number of aliphatic hydroxyl groups excluding tert-OH is 1. The third-order valence-corrected chi connectivity index (χ3v) is 11.8. The van der Waals surface area contributed by atoms with Crippen molar-refractivity contribution >= 4 is 8.07 Å². The number of aliphatic hydroxyl groups is 1. The molecule has 0 amide bonds. The maximum Gasteiger partial charge on any atom is 0.147 e. The van der Waals surface area contributed by atoms with Gasteiger partial charge >= 0.3 is 0 Å². The second-order valence-electron chi connectivity index (χ2n) is 7.76. The lowest BCUT2D eigenvalue weighted by molar-refractivity contribution is 0.133. The Balaban J connectivity index is 2.84. The first-order chi connectivity index (χ1) is 10.3. The standard InChI is InChI=1S/C20H34OSi/c1-16(2)22(17(3)4,18(5)6)15-11-10-14-20(21)19-12-8-7-9-13-19/h16-21H,7-9,12-13H2,1-6H3/t20-/m0/s1. The lowest BCUT2D eigenvalue weighted by Crippen LogP contribution is -2.43. The summed E-state index contributed by atoms with van der Waals surface area (Å²) in [5.41, 5.74) is 5.48. The fourth-order valence-electron chi connectivity index (χ4n) is 4.25. The van der Waals surface area contributed by atoms with Crippen molar-refractivity contribution in [3.8, 4) is 23.3 Å². The van der Waals surface area contributed by atoms with Gasteiger partial charge in [0.05, 0.1) is 0 Å². The molecule has 0 radical (unpaired) electrons. The van der Waals surface area contributed by atoms with Crippen LogP contribution in [0.15, 0.2) is 0 Å². The quantitative estimate of drug-likeness (QED) is 0.561. The Bertz CT molecular complexity index is 428. The van der Waals surface area contributed by atoms with Crippen LogP contribution in [0.1, 0.15) is 73.6 Å². The van der Waals surface area contributed by atoms with E-state index in [-0.39, 0.29) is 0 Å². The van der Waals surface area contributed by atoms with Gasteiger partial charge in [-0.3, -0.25) is 0 Å². The molecule has 0 aromatic carbocycles. The van der Waals surface area contributed by atoms with E-state index in [2.05, 4.69) is 64.8 Å². The van der Waals surface area contributed by atoms with Gasteiger partial charge in [-0.15, -0.1) is 5.54 Å². The fourth-order valence-corrected chi connectivity index (χ4v) is 9.40. The van der Waals surface area contributed by atoms with Gasteiger partial charge in [0.25, 0.3) is 0 Å². The fraction of sp³-hybridized carbons (Fsp3) is 0.800. The van der Waals surface area contributed by atoms with Crippen LogP contribution in [0.3, 0.4) is 0 Å². The summed E-state index contributed by atoms with van der Waals surface area (Å²) in [4.78, 5) is 0. The Morgan fingerprint density at radius 2 is 1.32 bits per heavy atom. The second-order valence-corrected chi connectivity index (χ2v) is 13.3. The van der Waals surface area contributed by atoms with Gasteiger partial charge in [-0.05, 0) is 47.2 Å². The number of hydrogen-bond donors (Lipinski definition) is 1. The molecule has 1 aliphatic rings. The third kappa shape index (κ3) is 4.64. The van der Waals surface area contributed by atoms with Gasteiger partial charge in [-0.1, -0.05) is 66.7 Å². The molecule has 1 saturated carbocycles. The zero-order valence-corrected chi connectivity index (χ0v) is 16.4. The van der Waals surface area contributed by atoms with E-state index in [0.717, 1.165) is 12.8 Å². The maximum atomic E-state index is 10.2. The van der Waals surface area contributed by atoms with Crippen LogP contribution in [0.4, 0.5) is 0 Å². The Labute approximate surface area is 139 Å². The molecule has 22 heavy (non-hydrogen) atoms. The van der Waals surface area contributed by atoms with Crippen LogP contribution in [-0.4, -0.2) is 19.3 Å². The van der Waals surface area contributed by atoms with E-state index >= 15 is 0 Å². The van der Waals surface area contributed by atoms with Crippen LogP contribution in [0.2, 0.25) is 16.6 Å². The summed E-state index contributed by atoms with van der Waals surface area (Å²) >= 11 is 0. The van der Waals surface area contributed by atoms with Crippen molar-refractivity contribution in [2.75, 3.05) is 0 Å². The summed E-state index contributed by atoms with van der Waals surface area (Å²) in [6.45, 7) is 13.9. The Morgan fingerprint density at radius 3 is 1.77 bits per heavy atom. The van der Waals surface area contributed by atoms with Crippen molar-refractivity contribution in [3.63, 3.8) is 0 Å². The summed E-state index contributed by atoms with van der Waals surface area (Å²) in [6.07, 6.45) is 5.53. The van der Waals surface area contributed by atoms with E-state index in [4.69, 9.17) is 0 Å². The SMILES string of the molecule is CC(C)[Si](C#CC#C[C@H](O)C1CCCCC1)(C(C)C)C(C)C. The van der Waals surface area contributed by atoms with Gasteiger partial charge in [-0.2, -0.15) is 0 Å². The summed E-state index contributed by atoms with van der Waals surface area (Å²) in [7, 11) is -1.68. The number of rotatable bonds is 4. The molecule has 1 rings (SSSR count). The lowest BCUT2D eigenvalue weighted by atomic mass is 9.85. The van der Waals surface area contributed by atoms with E-state index in [1.807, 2.05) is 0 Å². The summed E-state index contributed by atoms with van der Waals surface area (Å²) < 4.78 is 0. The van der Waals surface area contributed by atoms with Crippen LogP contribution in [0, 0.1) is 29.2 Å². The van der Waals surface area contributed by atoms with E-state index in [1.54, 1.807) is 0 Å². The van der Waals surface area contributed by atoms with Crippen molar-refractivity contribution in [2.45, 2.75) is 96.4 Å². The second kappa shape index (κ2) is 8.81. The van der Waals surface area contributed by atoms with Crippen LogP contribution in [0.25, 0.3) is 0 Å². The van der Waals surface area contributed by atoms with Gasteiger partial charge in [0, 0.05) is 0 Å². The molecule has 0 heterocycles. The van der Waals surface area contributed by atoms with E-state index < -0.39 is 14.2 Å². The minimum absolute atomic E-state index is 0.366. The van der Waals surface area contributed by atoms with Crippen molar-refractivity contribution in [2.24, 2.45) is 5.92 Å². The molecule has 0 unspecified atom stereocenters. The first-order valence-corrected chi connectivity index (χ1v) is 11.3. The highest BCUT2D eigenvalue weighted by molar-refractivity contribution is 6.90. The molecule has 0 saturated heterocycles. The number of hydrogen-bond acceptors (Lipinski definition) is 1. The highest BCUT2D eigenvalue weighted by Gasteiger charge is 2.41. The Hall–Kier alpha value is -0.703. The van der Waals surface area contributed by atoms with Gasteiger partial charge in [0.1, 0.15) is 14.2 Å². The first kappa shape index (κ1) is 19.3. The molecule has 1 nitrogen and oxygen atoms in total. The highest BCUT2D eigenvalue weighted by atomic mass is 28.3. The summed E-state index contributed by atoms with van der Waals surface area (Å²) in [5.74, 6) is 9.47. The summed E-state index contributed by atoms with van der Waals surface area (Å²) in [6, 6.07) is 0. The molecule has 0 bridgehead atoms. The van der Waals surface area contributed by atoms with Crippen molar-refractivity contribution in [3.05, 3.63) is 0 Å². The predicted octanol–water partition coefficient (Wildman–Crippen LogP) is 5.15. The minimum atomic E-state index is -1.68. The molecule has 0 spiro atoms. The summed E-state index contributed by atoms with van der Waals surface area (Å²) in [5, 5.41) is 10.2. The van der Waals surface area contributed by atoms with E-state index in [1.165, 1.54) is 19.3 Å². The van der Waals surface area contributed by atoms with Crippen LogP contribution in [0.5, 0.6) is 0 Å². The monoisotopic (exact) mass is 318 g/mol. The molecule has 1 atom stereocenters. The smallest absolute Gasteiger partial charge is 0.147 e. The van der Waals surface area contributed by atoms with Gasteiger partial charge in [0.15, 0.2) is 0 Å². The molecule has 2 heteroatoms. The van der Waals surface area contributed by atoms with Crippen molar-refractivity contribution in [1.29, 1.82) is 0 Å². The third-order valence-electron chi connectivity index (χ3n) is 5.52. The topological polar surface area (TPSA) is 20.2 Å². The largest absolute Gasteiger partial charge is 0.380 e. The van der Waals surface area contributed by atoms with Crippen molar-refractivity contribution < 1.29 is 5.11 Å². The highest BCUT2D eigenvalue weighted by Crippen LogP contribution is 2.40. The molecule has 1 N–H and O–H groups in total. The lowest BCUT2D eigenvalue weighted by Gasteiger charge is -2.37. The van der Waals surface area contributed by atoms with Crippen LogP contribution in [-0.2, 0) is 0 Å². The van der Waals surface area contributed by atoms with Gasteiger partial charge in [-0.25, -0.2) is 0 Å². The molecule has 124 valence electrons. The van der Waals surface area contributed by atoms with E-state index in [0.29, 0.717) is 22.5 Å². The Kier molecular flexibility index (Phi) is 7.74. The Morgan fingerprint density at radius 1 is 0.818 bits per heavy atom. The molecule has 0 aromatic heterocycles. The van der Waals surface area contributed by atoms with Crippen LogP contribution >= 0.6 is 0 Å². The van der Waals surface area contributed by atoms with Crippen LogP contribution < -0.4 is 0 Å². The molecule has 1 fully saturated rings. The molecular formula is C20H34OSi. The van der Waals surface area contributed by atoms with Gasteiger partial charge < -0.3 is 5.11 Å². The molecular weight excluding hydrogens is 284 g/mol. The first-order valence-electron chi connectivity index (χ1n) is 9.03. The molecule has 0 aliphatic heterocycles. The zero-order chi connectivity index (χ0) is 16.8. The maximum absolute atomic E-state index is 10.2. The zero-order valence-electron chi connectivity index (χ0n) is 15.4. The predicted molar refractivity (Wildman–Crippen MR) is 99.2 cm³/mol. The molecule has 1 aliphatic carbocycles. The normalized spacial score (nSPS) is 17.9. The van der Waals surface area contributed by atoms with Gasteiger partial charge in [0.2, 0.25) is 0 Å². The van der Waals surface area contributed by atoms with E-state index in [9.17, 15) is 5.11 Å².